The van der Waals surface area contributed by atoms with Gasteiger partial charge in [-0.25, -0.2) is 10.1 Å². The molecule has 14 heteroatoms. The van der Waals surface area contributed by atoms with Gasteiger partial charge in [-0.05, 0) is 41.0 Å². The Kier molecular flexibility index (Phi) is 6.44. The van der Waals surface area contributed by atoms with Crippen molar-refractivity contribution in [3.63, 3.8) is 0 Å². The van der Waals surface area contributed by atoms with Gasteiger partial charge in [0.25, 0.3) is 11.6 Å². The van der Waals surface area contributed by atoms with Crippen molar-refractivity contribution in [3.05, 3.63) is 69.9 Å². The van der Waals surface area contributed by atoms with Crippen LogP contribution in [0, 0.1) is 10.1 Å². The number of carbonyl (C=O) groups is 1. The van der Waals surface area contributed by atoms with Crippen LogP contribution in [-0.2, 0) is 6.42 Å². The number of nitro groups is 1. The summed E-state index contributed by atoms with van der Waals surface area (Å²) in [5, 5.41) is 30.3. The molecular weight excluding hydrogens is 458 g/mol. The zero-order chi connectivity index (χ0) is 24.9. The summed E-state index contributed by atoms with van der Waals surface area (Å²) in [7, 11) is 1.58. The van der Waals surface area contributed by atoms with Crippen molar-refractivity contribution in [2.75, 3.05) is 12.8 Å². The number of benzene rings is 2. The van der Waals surface area contributed by atoms with Crippen LogP contribution >= 0.6 is 0 Å². The quantitative estimate of drug-likeness (QED) is 0.216. The molecule has 2 heterocycles. The molecule has 0 saturated heterocycles. The van der Waals surface area contributed by atoms with E-state index in [1.807, 2.05) is 24.3 Å². The molecule has 0 aliphatic carbocycles. The third-order valence-corrected chi connectivity index (χ3v) is 4.92. The van der Waals surface area contributed by atoms with Crippen LogP contribution in [0.2, 0.25) is 0 Å². The van der Waals surface area contributed by atoms with Crippen LogP contribution in [-0.4, -0.2) is 49.0 Å². The number of anilines is 1. The van der Waals surface area contributed by atoms with Crippen LogP contribution in [0.4, 0.5) is 11.5 Å². The van der Waals surface area contributed by atoms with E-state index in [4.69, 9.17) is 10.5 Å². The summed E-state index contributed by atoms with van der Waals surface area (Å²) >= 11 is 0. The van der Waals surface area contributed by atoms with Crippen molar-refractivity contribution < 1.29 is 19.1 Å². The summed E-state index contributed by atoms with van der Waals surface area (Å²) in [5.41, 5.74) is 10.1. The topological polar surface area (TPSA) is 189 Å². The lowest BCUT2D eigenvalue weighted by atomic mass is 10.1. The molecule has 0 atom stereocenters. The largest absolute Gasteiger partial charge is 0.496 e. The molecule has 35 heavy (non-hydrogen) atoms. The van der Waals surface area contributed by atoms with Crippen molar-refractivity contribution >= 4 is 23.1 Å². The average Bonchev–Trinajstić information content (AvgIpc) is 3.49. The molecule has 0 aliphatic heterocycles. The summed E-state index contributed by atoms with van der Waals surface area (Å²) < 4.78 is 11.1. The number of nitrogen functional groups attached to an aromatic ring is 1. The number of carbonyl (C=O) groups excluding carboxylic acids is 1. The van der Waals surface area contributed by atoms with E-state index in [1.165, 1.54) is 24.3 Å². The fourth-order valence-corrected chi connectivity index (χ4v) is 3.28. The molecule has 0 aliphatic rings. The number of hydrogen-bond donors (Lipinski definition) is 2. The van der Waals surface area contributed by atoms with Crippen LogP contribution in [0.25, 0.3) is 17.1 Å². The fraction of sp³-hybridized carbons (Fsp3) is 0.143. The molecule has 178 valence electrons. The molecule has 0 bridgehead atoms. The van der Waals surface area contributed by atoms with E-state index in [1.54, 1.807) is 14.0 Å². The highest BCUT2D eigenvalue weighted by Crippen LogP contribution is 2.28. The van der Waals surface area contributed by atoms with Gasteiger partial charge >= 0.3 is 0 Å². The van der Waals surface area contributed by atoms with Gasteiger partial charge in [-0.3, -0.25) is 14.9 Å². The number of nitrogens with zero attached hydrogens (tertiary/aromatic N) is 7. The SMILES string of the molecule is COc1ccccc1CC(C)=NNC(=O)c1nnn(-c2nonc2N)c1-c1ccc([N+](=O)[O-])cc1. The summed E-state index contributed by atoms with van der Waals surface area (Å²) in [6.45, 7) is 1.75. The first-order valence-electron chi connectivity index (χ1n) is 10.1. The molecule has 2 aromatic carbocycles. The molecular formula is C21H19N9O5. The first-order valence-corrected chi connectivity index (χ1v) is 10.1. The third kappa shape index (κ3) is 4.80. The fourth-order valence-electron chi connectivity index (χ4n) is 3.28. The number of nitrogens with one attached hydrogen (secondary N) is 1. The predicted octanol–water partition coefficient (Wildman–Crippen LogP) is 2.16. The Balaban J connectivity index is 1.65. The van der Waals surface area contributed by atoms with E-state index in [9.17, 15) is 14.9 Å². The van der Waals surface area contributed by atoms with Crippen molar-refractivity contribution in [2.45, 2.75) is 13.3 Å². The number of amides is 1. The molecule has 14 nitrogen and oxygen atoms in total. The van der Waals surface area contributed by atoms with E-state index >= 15 is 0 Å². The van der Waals surface area contributed by atoms with Gasteiger partial charge in [0.1, 0.15) is 11.4 Å². The number of hydrogen-bond acceptors (Lipinski definition) is 11. The molecule has 4 aromatic rings. The second-order valence-electron chi connectivity index (χ2n) is 7.25. The standard InChI is InChI=1S/C21H19N9O5/c1-12(11-14-5-3-4-6-16(14)34-2)23-25-21(31)17-18(13-7-9-15(10-8-13)30(32)33)29(28-24-17)20-19(22)26-35-27-20/h3-10H,11H2,1-2H3,(H2,22,26)(H,25,31). The highest BCUT2D eigenvalue weighted by Gasteiger charge is 2.25. The molecule has 0 unspecified atom stereocenters. The number of rotatable bonds is 8. The van der Waals surface area contributed by atoms with Gasteiger partial charge in [0.2, 0.25) is 11.6 Å². The van der Waals surface area contributed by atoms with E-state index in [0.29, 0.717) is 23.4 Å². The Morgan fingerprint density at radius 3 is 2.63 bits per heavy atom. The van der Waals surface area contributed by atoms with E-state index < -0.39 is 10.8 Å². The van der Waals surface area contributed by atoms with Crippen LogP contribution in [0.5, 0.6) is 5.75 Å². The van der Waals surface area contributed by atoms with E-state index in [2.05, 4.69) is 35.8 Å². The average molecular weight is 477 g/mol. The first-order chi connectivity index (χ1) is 16.9. The van der Waals surface area contributed by atoms with Gasteiger partial charge in [0.05, 0.1) is 12.0 Å². The lowest BCUT2D eigenvalue weighted by Gasteiger charge is -2.08. The highest BCUT2D eigenvalue weighted by atomic mass is 16.6. The van der Waals surface area contributed by atoms with Crippen molar-refractivity contribution in [3.8, 4) is 22.8 Å². The number of non-ortho nitro benzene ring substituents is 1. The van der Waals surface area contributed by atoms with Gasteiger partial charge in [-0.15, -0.1) is 5.10 Å². The minimum Gasteiger partial charge on any atom is -0.496 e. The van der Waals surface area contributed by atoms with Gasteiger partial charge in [0.15, 0.2) is 5.69 Å². The maximum atomic E-state index is 13.0. The van der Waals surface area contributed by atoms with Gasteiger partial charge in [0, 0.05) is 29.8 Å². The maximum absolute atomic E-state index is 13.0. The van der Waals surface area contributed by atoms with Crippen LogP contribution in [0.1, 0.15) is 23.0 Å². The van der Waals surface area contributed by atoms with Crippen LogP contribution in [0.3, 0.4) is 0 Å². The van der Waals surface area contributed by atoms with Gasteiger partial charge in [-0.1, -0.05) is 23.4 Å². The van der Waals surface area contributed by atoms with E-state index in [-0.39, 0.29) is 28.7 Å². The summed E-state index contributed by atoms with van der Waals surface area (Å²) in [6, 6.07) is 12.9. The Bertz CT molecular complexity index is 1410. The number of methoxy groups -OCH3 is 1. The monoisotopic (exact) mass is 477 g/mol. The lowest BCUT2D eigenvalue weighted by molar-refractivity contribution is -0.384. The Hall–Kier alpha value is -5.14. The van der Waals surface area contributed by atoms with Gasteiger partial charge < -0.3 is 10.5 Å². The normalized spacial score (nSPS) is 11.3. The van der Waals surface area contributed by atoms with Crippen LogP contribution < -0.4 is 15.9 Å². The summed E-state index contributed by atoms with van der Waals surface area (Å²) in [5.74, 6) is -0.0500. The smallest absolute Gasteiger partial charge is 0.294 e. The van der Waals surface area contributed by atoms with Crippen LogP contribution in [0.15, 0.2) is 58.3 Å². The minimum absolute atomic E-state index is 0.000701. The number of hydrazone groups is 1. The first kappa shape index (κ1) is 23.0. The molecule has 0 saturated carbocycles. The lowest BCUT2D eigenvalue weighted by Crippen LogP contribution is -2.21. The second-order valence-corrected chi connectivity index (χ2v) is 7.25. The van der Waals surface area contributed by atoms with Crippen molar-refractivity contribution in [1.29, 1.82) is 0 Å². The molecule has 0 spiro atoms. The number of ether oxygens (including phenoxy) is 1. The number of para-hydroxylation sites is 1. The third-order valence-electron chi connectivity index (χ3n) is 4.92. The van der Waals surface area contributed by atoms with Crippen molar-refractivity contribution in [2.24, 2.45) is 5.10 Å². The molecule has 3 N–H and O–H groups in total. The summed E-state index contributed by atoms with van der Waals surface area (Å²) in [4.78, 5) is 23.5. The van der Waals surface area contributed by atoms with E-state index in [0.717, 1.165) is 10.2 Å². The molecule has 2 aromatic heterocycles. The molecule has 4 rings (SSSR count). The zero-order valence-corrected chi connectivity index (χ0v) is 18.6. The Labute approximate surface area is 197 Å². The summed E-state index contributed by atoms with van der Waals surface area (Å²) in [6.07, 6.45) is 0.438. The highest BCUT2D eigenvalue weighted by molar-refractivity contribution is 5.99. The maximum Gasteiger partial charge on any atom is 0.294 e. The Morgan fingerprint density at radius 1 is 1.23 bits per heavy atom. The Morgan fingerprint density at radius 2 is 1.97 bits per heavy atom. The van der Waals surface area contributed by atoms with Gasteiger partial charge in [-0.2, -0.15) is 9.78 Å². The van der Waals surface area contributed by atoms with Crippen molar-refractivity contribution in [1.82, 2.24) is 30.7 Å². The molecule has 0 radical (unpaired) electrons. The number of aromatic nitrogens is 5. The zero-order valence-electron chi connectivity index (χ0n) is 18.6. The minimum atomic E-state index is -0.668. The molecule has 0 fully saturated rings. The molecule has 1 amide bonds. The predicted molar refractivity (Wildman–Crippen MR) is 123 cm³/mol. The second kappa shape index (κ2) is 9.78. The number of nitrogens with two attached hydrogens (primary N) is 1. The number of nitro benzene ring substituents is 1.